The molecule has 51 heavy (non-hydrogen) atoms. The molecule has 2 saturated heterocycles. The summed E-state index contributed by atoms with van der Waals surface area (Å²) in [6.45, 7) is 18.0. The van der Waals surface area contributed by atoms with Crippen molar-refractivity contribution in [2.24, 2.45) is 50.7 Å². The van der Waals surface area contributed by atoms with E-state index in [0.29, 0.717) is 24.2 Å². The van der Waals surface area contributed by atoms with Crippen LogP contribution in [0.3, 0.4) is 0 Å². The fraction of sp³-hybridized carbons (Fsp3) is 0.950. The highest BCUT2D eigenvalue weighted by molar-refractivity contribution is 5.66. The molecule has 5 aliphatic carbocycles. The molecular formula is C40H64O11. The monoisotopic (exact) mass is 720 g/mol. The lowest BCUT2D eigenvalue weighted by molar-refractivity contribution is -0.344. The minimum absolute atomic E-state index is 0.0185. The molecule has 7 fully saturated rings. The van der Waals surface area contributed by atoms with E-state index < -0.39 is 48.4 Å². The number of aliphatic hydroxyl groups excluding tert-OH is 4. The minimum Gasteiger partial charge on any atom is -0.463 e. The summed E-state index contributed by atoms with van der Waals surface area (Å²) in [5.41, 5.74) is -1.01. The van der Waals surface area contributed by atoms with Gasteiger partial charge in [-0.2, -0.15) is 0 Å². The van der Waals surface area contributed by atoms with Crippen LogP contribution in [-0.2, 0) is 33.3 Å². The zero-order valence-electron chi connectivity index (χ0n) is 32.2. The molecule has 0 amide bonds. The quantitative estimate of drug-likeness (QED) is 0.209. The smallest absolute Gasteiger partial charge is 0.302 e. The van der Waals surface area contributed by atoms with Crippen molar-refractivity contribution < 1.29 is 53.7 Å². The Bertz CT molecular complexity index is 1380. The summed E-state index contributed by atoms with van der Waals surface area (Å²) in [5.74, 6) is 0.506. The Morgan fingerprint density at radius 2 is 1.53 bits per heavy atom. The highest BCUT2D eigenvalue weighted by Crippen LogP contribution is 2.91. The Morgan fingerprint density at radius 1 is 0.824 bits per heavy atom. The average Bonchev–Trinajstić information content (AvgIpc) is 3.62. The van der Waals surface area contributed by atoms with Gasteiger partial charge < -0.3 is 44.1 Å². The van der Waals surface area contributed by atoms with E-state index >= 15 is 0 Å². The van der Waals surface area contributed by atoms with Crippen LogP contribution in [0.4, 0.5) is 0 Å². The Hall–Kier alpha value is -1.34. The molecule has 17 atom stereocenters. The highest BCUT2D eigenvalue weighted by atomic mass is 16.7. The average molecular weight is 721 g/mol. The lowest BCUT2D eigenvalue weighted by atomic mass is 9.37. The molecule has 0 spiro atoms. The van der Waals surface area contributed by atoms with Crippen LogP contribution in [0, 0.1) is 50.7 Å². The Morgan fingerprint density at radius 3 is 2.16 bits per heavy atom. The van der Waals surface area contributed by atoms with Crippen molar-refractivity contribution in [3.63, 3.8) is 0 Å². The van der Waals surface area contributed by atoms with Crippen LogP contribution in [0.15, 0.2) is 0 Å². The van der Waals surface area contributed by atoms with Gasteiger partial charge in [-0.1, -0.05) is 34.6 Å². The van der Waals surface area contributed by atoms with Crippen molar-refractivity contribution in [3.8, 4) is 0 Å². The van der Waals surface area contributed by atoms with Gasteiger partial charge in [-0.3, -0.25) is 9.59 Å². The van der Waals surface area contributed by atoms with Crippen molar-refractivity contribution in [3.05, 3.63) is 0 Å². The van der Waals surface area contributed by atoms with Gasteiger partial charge in [0.25, 0.3) is 0 Å². The molecule has 2 unspecified atom stereocenters. The number of fused-ring (bicyclic) bond motifs is 3. The molecule has 11 nitrogen and oxygen atoms in total. The van der Waals surface area contributed by atoms with Gasteiger partial charge in [-0.25, -0.2) is 0 Å². The van der Waals surface area contributed by atoms with Gasteiger partial charge in [0.15, 0.2) is 6.29 Å². The Labute approximate surface area is 303 Å². The van der Waals surface area contributed by atoms with E-state index in [0.717, 1.165) is 51.4 Å². The Kier molecular flexibility index (Phi) is 9.18. The second kappa shape index (κ2) is 12.3. The maximum Gasteiger partial charge on any atom is 0.302 e. The SMILES string of the molecule is CC(=O)OC[C@H]1O[C@@H](O[C@@H]2C[C@H]3C(C)(C)[C@H](OC(C)=O)CC[C@]3(C)[C@H]3CC[C@]45C[C@]4(CC[C@H]5[C@@H](C)CC4OC(C)(C)C4O)[C@@]32C)[C@H](O)[C@@H](O)[C@@H]1O. The molecule has 290 valence electrons. The third kappa shape index (κ3) is 5.35. The molecule has 4 N–H and O–H groups in total. The first kappa shape index (κ1) is 38.0. The first-order valence-electron chi connectivity index (χ1n) is 19.7. The maximum absolute atomic E-state index is 12.3. The summed E-state index contributed by atoms with van der Waals surface area (Å²) >= 11 is 0. The lowest BCUT2D eigenvalue weighted by Gasteiger charge is -2.69. The van der Waals surface area contributed by atoms with Crippen molar-refractivity contribution >= 4 is 11.9 Å². The number of hydrogen-bond donors (Lipinski definition) is 4. The third-order valence-electron chi connectivity index (χ3n) is 16.6. The molecular weight excluding hydrogens is 656 g/mol. The normalized spacial score (nSPS) is 52.6. The number of ether oxygens (including phenoxy) is 5. The number of carbonyl (C=O) groups excluding carboxylic acids is 2. The van der Waals surface area contributed by atoms with E-state index in [-0.39, 0.29) is 63.9 Å². The second-order valence-electron chi connectivity index (χ2n) is 19.5. The molecule has 0 bridgehead atoms. The van der Waals surface area contributed by atoms with Crippen molar-refractivity contribution in [1.29, 1.82) is 0 Å². The van der Waals surface area contributed by atoms with E-state index in [1.807, 2.05) is 13.8 Å². The standard InChI is InChI=1S/C40H64O11/c1-20(16-24-33(46)36(6,7)51-24)23-10-15-40-19-39(23,40)14-11-26-37(8)13-12-28(48-22(3)42)35(4,5)27(37)17-29(38(26,40)9)50-34-32(45)31(44)30(43)25(49-34)18-47-21(2)41/h20,23-34,43-46H,10-19H2,1-9H3/t20-,23-,24?,25+,26+,27-,28+,29+,30+,31-,32+,33?,34-,37+,38-,39+,40+/m0/s1. The van der Waals surface area contributed by atoms with Crippen LogP contribution in [0.5, 0.6) is 0 Å². The summed E-state index contributed by atoms with van der Waals surface area (Å²) in [4.78, 5) is 23.9. The summed E-state index contributed by atoms with van der Waals surface area (Å²) in [7, 11) is 0. The van der Waals surface area contributed by atoms with E-state index in [1.165, 1.54) is 13.8 Å². The predicted molar refractivity (Wildman–Crippen MR) is 185 cm³/mol. The molecule has 2 aliphatic heterocycles. The predicted octanol–water partition coefficient (Wildman–Crippen LogP) is 4.29. The number of esters is 2. The van der Waals surface area contributed by atoms with Crippen molar-refractivity contribution in [1.82, 2.24) is 0 Å². The number of aliphatic hydroxyl groups is 4. The van der Waals surface area contributed by atoms with E-state index in [9.17, 15) is 30.0 Å². The fourth-order valence-corrected chi connectivity index (χ4v) is 14.2. The van der Waals surface area contributed by atoms with Crippen LogP contribution in [0.25, 0.3) is 0 Å². The molecule has 0 aromatic rings. The number of rotatable bonds is 8. The van der Waals surface area contributed by atoms with Gasteiger partial charge in [0, 0.05) is 24.7 Å². The van der Waals surface area contributed by atoms with Gasteiger partial charge in [-0.15, -0.1) is 0 Å². The fourth-order valence-electron chi connectivity index (χ4n) is 14.2. The molecule has 7 rings (SSSR count). The summed E-state index contributed by atoms with van der Waals surface area (Å²) in [6, 6.07) is 0. The van der Waals surface area contributed by atoms with Gasteiger partial charge in [0.05, 0.1) is 17.8 Å². The molecule has 11 heteroatoms. The topological polar surface area (TPSA) is 161 Å². The highest BCUT2D eigenvalue weighted by Gasteiger charge is 2.85. The number of carbonyl (C=O) groups is 2. The van der Waals surface area contributed by atoms with Crippen LogP contribution < -0.4 is 0 Å². The molecule has 0 aromatic heterocycles. The summed E-state index contributed by atoms with van der Waals surface area (Å²) in [5, 5.41) is 43.9. The third-order valence-corrected chi connectivity index (χ3v) is 16.6. The van der Waals surface area contributed by atoms with Gasteiger partial charge in [-0.05, 0) is 112 Å². The van der Waals surface area contributed by atoms with Gasteiger partial charge in [0.1, 0.15) is 43.2 Å². The van der Waals surface area contributed by atoms with Crippen molar-refractivity contribution in [2.45, 2.75) is 181 Å². The first-order chi connectivity index (χ1) is 23.7. The molecule has 7 aliphatic rings. The van der Waals surface area contributed by atoms with Crippen LogP contribution in [0.2, 0.25) is 0 Å². The van der Waals surface area contributed by atoms with Gasteiger partial charge in [0.2, 0.25) is 0 Å². The summed E-state index contributed by atoms with van der Waals surface area (Å²) in [6.07, 6.45) is 0.756. The largest absolute Gasteiger partial charge is 0.463 e. The molecule has 2 heterocycles. The molecule has 0 radical (unpaired) electrons. The van der Waals surface area contributed by atoms with E-state index in [2.05, 4.69) is 34.6 Å². The van der Waals surface area contributed by atoms with E-state index in [1.54, 1.807) is 0 Å². The summed E-state index contributed by atoms with van der Waals surface area (Å²) < 4.78 is 30.5. The molecule has 0 aromatic carbocycles. The minimum atomic E-state index is -1.54. The van der Waals surface area contributed by atoms with Crippen LogP contribution in [0.1, 0.15) is 120 Å². The second-order valence-corrected chi connectivity index (χ2v) is 19.5. The number of hydrogen-bond acceptors (Lipinski definition) is 11. The zero-order valence-corrected chi connectivity index (χ0v) is 32.2. The zero-order chi connectivity index (χ0) is 37.3. The lowest BCUT2D eigenvalue weighted by Crippen LogP contribution is -2.68. The van der Waals surface area contributed by atoms with Crippen LogP contribution >= 0.6 is 0 Å². The Balaban J connectivity index is 1.23. The van der Waals surface area contributed by atoms with Crippen molar-refractivity contribution in [2.75, 3.05) is 6.61 Å². The van der Waals surface area contributed by atoms with E-state index in [4.69, 9.17) is 23.7 Å². The molecule has 5 saturated carbocycles. The maximum atomic E-state index is 12.3. The van der Waals surface area contributed by atoms with Gasteiger partial charge >= 0.3 is 11.9 Å². The first-order valence-corrected chi connectivity index (χ1v) is 19.7. The van der Waals surface area contributed by atoms with Crippen LogP contribution in [-0.4, -0.2) is 99.7 Å².